The molecule has 0 saturated heterocycles. The molecule has 98 valence electrons. The first-order valence-corrected chi connectivity index (χ1v) is 7.55. The van der Waals surface area contributed by atoms with E-state index >= 15 is 0 Å². The number of halogens is 1. The Kier molecular flexibility index (Phi) is 4.25. The highest BCUT2D eigenvalue weighted by atomic mass is 35.5. The zero-order chi connectivity index (χ0) is 13.2. The lowest BCUT2D eigenvalue weighted by atomic mass is 10.1. The second-order valence-electron chi connectivity index (χ2n) is 4.92. The number of furan rings is 1. The third-order valence-corrected chi connectivity index (χ3v) is 4.61. The molecule has 2 nitrogen and oxygen atoms in total. The molecule has 0 aliphatic heterocycles. The first-order chi connectivity index (χ1) is 8.53. The van der Waals surface area contributed by atoms with Crippen molar-refractivity contribution in [2.45, 2.75) is 25.1 Å². The minimum atomic E-state index is 0.228. The first kappa shape index (κ1) is 13.8. The van der Waals surface area contributed by atoms with E-state index in [2.05, 4.69) is 25.4 Å². The summed E-state index contributed by atoms with van der Waals surface area (Å²) in [6, 6.07) is 7.94. The standard InChI is InChI=1S/C14H18ClNOS/c1-14(2,18-3)9-16-8-11-10-6-4-5-7-12(10)17-13(11)15/h4-7,16H,8-9H2,1-3H3. The summed E-state index contributed by atoms with van der Waals surface area (Å²) in [6.07, 6.45) is 2.13. The maximum Gasteiger partial charge on any atom is 0.199 e. The molecule has 0 unspecified atom stereocenters. The molecule has 0 atom stereocenters. The van der Waals surface area contributed by atoms with E-state index in [9.17, 15) is 0 Å². The van der Waals surface area contributed by atoms with E-state index in [0.717, 1.165) is 29.6 Å². The van der Waals surface area contributed by atoms with Crippen molar-refractivity contribution in [2.24, 2.45) is 0 Å². The number of nitrogens with one attached hydrogen (secondary N) is 1. The summed E-state index contributed by atoms with van der Waals surface area (Å²) < 4.78 is 5.76. The van der Waals surface area contributed by atoms with Gasteiger partial charge >= 0.3 is 0 Å². The van der Waals surface area contributed by atoms with Crippen molar-refractivity contribution in [1.29, 1.82) is 0 Å². The Labute approximate surface area is 117 Å². The molecule has 0 spiro atoms. The summed E-state index contributed by atoms with van der Waals surface area (Å²) in [5.74, 6) is 0. The Morgan fingerprint density at radius 1 is 1.33 bits per heavy atom. The fraction of sp³-hybridized carbons (Fsp3) is 0.429. The van der Waals surface area contributed by atoms with Crippen molar-refractivity contribution in [2.75, 3.05) is 12.8 Å². The summed E-state index contributed by atoms with van der Waals surface area (Å²) in [5.41, 5.74) is 1.90. The van der Waals surface area contributed by atoms with Crippen molar-refractivity contribution < 1.29 is 4.42 Å². The van der Waals surface area contributed by atoms with E-state index < -0.39 is 0 Å². The monoisotopic (exact) mass is 283 g/mol. The van der Waals surface area contributed by atoms with Crippen LogP contribution in [0.3, 0.4) is 0 Å². The van der Waals surface area contributed by atoms with Crippen LogP contribution >= 0.6 is 23.4 Å². The quantitative estimate of drug-likeness (QED) is 0.885. The molecule has 4 heteroatoms. The SMILES string of the molecule is CSC(C)(C)CNCc1c(Cl)oc2ccccc12. The molecule has 0 fully saturated rings. The Morgan fingerprint density at radius 2 is 2.06 bits per heavy atom. The minimum absolute atomic E-state index is 0.228. The molecule has 1 aromatic heterocycles. The maximum absolute atomic E-state index is 6.14. The molecule has 1 N–H and O–H groups in total. The van der Waals surface area contributed by atoms with E-state index in [1.54, 1.807) is 0 Å². The number of rotatable bonds is 5. The van der Waals surface area contributed by atoms with Crippen LogP contribution in [0.2, 0.25) is 5.22 Å². The lowest BCUT2D eigenvalue weighted by molar-refractivity contribution is 0.577. The van der Waals surface area contributed by atoms with Crippen LogP contribution in [-0.2, 0) is 6.54 Å². The summed E-state index contributed by atoms with van der Waals surface area (Å²) in [6.45, 7) is 6.11. The topological polar surface area (TPSA) is 25.2 Å². The Hall–Kier alpha value is -0.640. The number of benzene rings is 1. The zero-order valence-corrected chi connectivity index (χ0v) is 12.5. The van der Waals surface area contributed by atoms with Crippen LogP contribution in [0.5, 0.6) is 0 Å². The zero-order valence-electron chi connectivity index (χ0n) is 10.9. The van der Waals surface area contributed by atoms with Gasteiger partial charge in [0, 0.05) is 28.8 Å². The fourth-order valence-corrected chi connectivity index (χ4v) is 2.29. The molecule has 0 aliphatic rings. The van der Waals surface area contributed by atoms with E-state index in [1.165, 1.54) is 0 Å². The van der Waals surface area contributed by atoms with Gasteiger partial charge in [-0.25, -0.2) is 0 Å². The molecule has 0 saturated carbocycles. The van der Waals surface area contributed by atoms with Gasteiger partial charge in [-0.2, -0.15) is 11.8 Å². The van der Waals surface area contributed by atoms with Crippen LogP contribution in [0.1, 0.15) is 19.4 Å². The summed E-state index contributed by atoms with van der Waals surface area (Å²) in [4.78, 5) is 0. The predicted octanol–water partition coefficient (Wildman–Crippen LogP) is 4.32. The van der Waals surface area contributed by atoms with Crippen molar-refractivity contribution in [3.8, 4) is 0 Å². The maximum atomic E-state index is 6.14. The lowest BCUT2D eigenvalue weighted by Gasteiger charge is -2.22. The van der Waals surface area contributed by atoms with Gasteiger partial charge in [-0.05, 0) is 37.8 Å². The predicted molar refractivity (Wildman–Crippen MR) is 80.5 cm³/mol. The second kappa shape index (κ2) is 5.55. The van der Waals surface area contributed by atoms with E-state index in [0.29, 0.717) is 5.22 Å². The molecular formula is C14H18ClNOS. The molecule has 2 aromatic rings. The third-order valence-electron chi connectivity index (χ3n) is 3.05. The smallest absolute Gasteiger partial charge is 0.199 e. The van der Waals surface area contributed by atoms with Gasteiger partial charge in [-0.15, -0.1) is 0 Å². The molecule has 2 rings (SSSR count). The highest BCUT2D eigenvalue weighted by molar-refractivity contribution is 7.99. The van der Waals surface area contributed by atoms with Gasteiger partial charge in [0.05, 0.1) is 0 Å². The molecule has 1 aromatic carbocycles. The van der Waals surface area contributed by atoms with Crippen LogP contribution in [0, 0.1) is 0 Å². The Morgan fingerprint density at radius 3 is 2.78 bits per heavy atom. The second-order valence-corrected chi connectivity index (χ2v) is 6.77. The van der Waals surface area contributed by atoms with Gasteiger partial charge in [-0.1, -0.05) is 18.2 Å². The number of hydrogen-bond donors (Lipinski definition) is 1. The van der Waals surface area contributed by atoms with Gasteiger partial charge in [0.2, 0.25) is 0 Å². The van der Waals surface area contributed by atoms with E-state index in [-0.39, 0.29) is 4.75 Å². The Balaban J connectivity index is 2.10. The highest BCUT2D eigenvalue weighted by Crippen LogP contribution is 2.29. The highest BCUT2D eigenvalue weighted by Gasteiger charge is 2.17. The summed E-state index contributed by atoms with van der Waals surface area (Å²) in [7, 11) is 0. The minimum Gasteiger partial charge on any atom is -0.444 e. The molecular weight excluding hydrogens is 266 g/mol. The van der Waals surface area contributed by atoms with Gasteiger partial charge in [-0.3, -0.25) is 0 Å². The molecule has 1 heterocycles. The number of hydrogen-bond acceptors (Lipinski definition) is 3. The first-order valence-electron chi connectivity index (χ1n) is 5.95. The van der Waals surface area contributed by atoms with Gasteiger partial charge in [0.25, 0.3) is 0 Å². The van der Waals surface area contributed by atoms with Crippen molar-refractivity contribution >= 4 is 34.3 Å². The van der Waals surface area contributed by atoms with Gasteiger partial charge < -0.3 is 9.73 Å². The van der Waals surface area contributed by atoms with Crippen molar-refractivity contribution in [1.82, 2.24) is 5.32 Å². The van der Waals surface area contributed by atoms with Crippen molar-refractivity contribution in [3.63, 3.8) is 0 Å². The van der Waals surface area contributed by atoms with Crippen molar-refractivity contribution in [3.05, 3.63) is 35.0 Å². The third kappa shape index (κ3) is 3.02. The Bertz CT molecular complexity index is 536. The number of fused-ring (bicyclic) bond motifs is 1. The largest absolute Gasteiger partial charge is 0.444 e. The number of para-hydroxylation sites is 1. The number of thioether (sulfide) groups is 1. The summed E-state index contributed by atoms with van der Waals surface area (Å²) in [5, 5.41) is 5.03. The van der Waals surface area contributed by atoms with Crippen LogP contribution in [0.4, 0.5) is 0 Å². The fourth-order valence-electron chi connectivity index (χ4n) is 1.79. The average molecular weight is 284 g/mol. The molecule has 0 aliphatic carbocycles. The lowest BCUT2D eigenvalue weighted by Crippen LogP contribution is -2.31. The van der Waals surface area contributed by atoms with Crippen LogP contribution < -0.4 is 5.32 Å². The van der Waals surface area contributed by atoms with Crippen LogP contribution in [-0.4, -0.2) is 17.5 Å². The van der Waals surface area contributed by atoms with E-state index in [1.807, 2.05) is 36.0 Å². The molecule has 0 bridgehead atoms. The molecule has 0 radical (unpaired) electrons. The van der Waals surface area contributed by atoms with Crippen LogP contribution in [0.15, 0.2) is 28.7 Å². The molecule has 0 amide bonds. The van der Waals surface area contributed by atoms with Crippen LogP contribution in [0.25, 0.3) is 11.0 Å². The summed E-state index contributed by atoms with van der Waals surface area (Å²) >= 11 is 7.99. The van der Waals surface area contributed by atoms with E-state index in [4.69, 9.17) is 16.0 Å². The molecule has 18 heavy (non-hydrogen) atoms. The normalized spacial score (nSPS) is 12.2. The van der Waals surface area contributed by atoms with Gasteiger partial charge in [0.1, 0.15) is 5.58 Å². The van der Waals surface area contributed by atoms with Gasteiger partial charge in [0.15, 0.2) is 5.22 Å². The average Bonchev–Trinajstić information content (AvgIpc) is 2.66.